The van der Waals surface area contributed by atoms with E-state index in [4.69, 9.17) is 0 Å². The molecule has 0 amide bonds. The van der Waals surface area contributed by atoms with E-state index in [1.165, 1.54) is 6.07 Å². The lowest BCUT2D eigenvalue weighted by molar-refractivity contribution is 0.381. The largest absolute Gasteiger partial charge is 0.357 e. The van der Waals surface area contributed by atoms with Gasteiger partial charge in [-0.2, -0.15) is 0 Å². The third-order valence-electron chi connectivity index (χ3n) is 4.67. The zero-order valence-electron chi connectivity index (χ0n) is 14.4. The maximum absolute atomic E-state index is 12.4. The summed E-state index contributed by atoms with van der Waals surface area (Å²) in [7, 11) is -9.99. The zero-order valence-corrected chi connectivity index (χ0v) is 16.2. The molecule has 0 aliphatic carbocycles. The Morgan fingerprint density at radius 3 is 1.82 bits per heavy atom. The Hall–Kier alpha value is -2.30. The molecule has 0 bridgehead atoms. The van der Waals surface area contributed by atoms with E-state index in [1.807, 2.05) is 24.3 Å². The Morgan fingerprint density at radius 2 is 1.18 bits per heavy atom. The SMILES string of the molecule is O=P(O)(O)c1cc2ccccc2c(-c2cccc3ccccc23)c1P(=O)(O)O. The van der Waals surface area contributed by atoms with Crippen molar-refractivity contribution in [3.8, 4) is 11.1 Å². The smallest absolute Gasteiger partial charge is 0.321 e. The predicted molar refractivity (Wildman–Crippen MR) is 110 cm³/mol. The van der Waals surface area contributed by atoms with Crippen molar-refractivity contribution in [3.05, 3.63) is 72.8 Å². The molecular formula is C20H16O6P2. The molecule has 0 spiro atoms. The quantitative estimate of drug-likeness (QED) is 0.383. The van der Waals surface area contributed by atoms with Gasteiger partial charge in [0.25, 0.3) is 0 Å². The van der Waals surface area contributed by atoms with Gasteiger partial charge in [-0.1, -0.05) is 66.7 Å². The zero-order chi connectivity index (χ0) is 20.1. The van der Waals surface area contributed by atoms with Gasteiger partial charge in [-0.05, 0) is 33.2 Å². The summed E-state index contributed by atoms with van der Waals surface area (Å²) in [6.45, 7) is 0. The standard InChI is InChI=1S/C20H16O6P2/c21-27(22,23)18-12-14-7-2-4-10-16(14)19(20(18)28(24,25)26)17-11-5-8-13-6-1-3-9-15(13)17/h1-12H,(H2,21,22,23)(H2,24,25,26). The van der Waals surface area contributed by atoms with Crippen LogP contribution in [0.3, 0.4) is 0 Å². The predicted octanol–water partition coefficient (Wildman–Crippen LogP) is 3.27. The van der Waals surface area contributed by atoms with Crippen molar-refractivity contribution in [2.24, 2.45) is 0 Å². The van der Waals surface area contributed by atoms with Crippen LogP contribution in [-0.4, -0.2) is 19.6 Å². The lowest BCUT2D eigenvalue weighted by atomic mass is 9.94. The van der Waals surface area contributed by atoms with E-state index in [-0.39, 0.29) is 5.56 Å². The van der Waals surface area contributed by atoms with Crippen LogP contribution < -0.4 is 10.6 Å². The lowest BCUT2D eigenvalue weighted by Crippen LogP contribution is -2.27. The van der Waals surface area contributed by atoms with Crippen molar-refractivity contribution in [2.45, 2.75) is 0 Å². The van der Waals surface area contributed by atoms with Gasteiger partial charge in [-0.3, -0.25) is 9.13 Å². The van der Waals surface area contributed by atoms with Crippen molar-refractivity contribution >= 4 is 47.3 Å². The monoisotopic (exact) mass is 414 g/mol. The van der Waals surface area contributed by atoms with Gasteiger partial charge >= 0.3 is 15.2 Å². The van der Waals surface area contributed by atoms with Crippen LogP contribution in [0.2, 0.25) is 0 Å². The molecule has 0 atom stereocenters. The Labute approximate surface area is 160 Å². The van der Waals surface area contributed by atoms with E-state index in [2.05, 4.69) is 0 Å². The number of fused-ring (bicyclic) bond motifs is 2. The molecule has 28 heavy (non-hydrogen) atoms. The van der Waals surface area contributed by atoms with Crippen LogP contribution in [0.1, 0.15) is 0 Å². The number of benzene rings is 4. The van der Waals surface area contributed by atoms with E-state index >= 15 is 0 Å². The van der Waals surface area contributed by atoms with Crippen molar-refractivity contribution in [1.29, 1.82) is 0 Å². The Kier molecular flexibility index (Phi) is 4.52. The molecule has 0 saturated heterocycles. The first-order valence-corrected chi connectivity index (χ1v) is 11.6. The fraction of sp³-hybridized carbons (Fsp3) is 0. The first-order chi connectivity index (χ1) is 13.2. The summed E-state index contributed by atoms with van der Waals surface area (Å²) >= 11 is 0. The van der Waals surface area contributed by atoms with E-state index < -0.39 is 25.8 Å². The molecule has 0 saturated carbocycles. The fourth-order valence-corrected chi connectivity index (χ4v) is 5.93. The van der Waals surface area contributed by atoms with E-state index in [9.17, 15) is 28.7 Å². The highest BCUT2D eigenvalue weighted by Crippen LogP contribution is 2.46. The van der Waals surface area contributed by atoms with Gasteiger partial charge in [-0.25, -0.2) is 0 Å². The van der Waals surface area contributed by atoms with Gasteiger partial charge in [0.1, 0.15) is 0 Å². The number of hydrogen-bond donors (Lipinski definition) is 4. The minimum Gasteiger partial charge on any atom is -0.321 e. The second kappa shape index (κ2) is 6.64. The molecule has 0 fully saturated rings. The van der Waals surface area contributed by atoms with Crippen LogP contribution in [0, 0.1) is 0 Å². The maximum Gasteiger partial charge on any atom is 0.357 e. The maximum atomic E-state index is 12.4. The molecule has 4 aromatic rings. The number of rotatable bonds is 3. The normalized spacial score (nSPS) is 12.6. The van der Waals surface area contributed by atoms with Gasteiger partial charge in [0.05, 0.1) is 10.6 Å². The summed E-state index contributed by atoms with van der Waals surface area (Å²) in [4.78, 5) is 39.8. The molecule has 8 heteroatoms. The van der Waals surface area contributed by atoms with Crippen molar-refractivity contribution in [2.75, 3.05) is 0 Å². The first-order valence-electron chi connectivity index (χ1n) is 8.34. The van der Waals surface area contributed by atoms with Gasteiger partial charge in [0.2, 0.25) is 0 Å². The minimum absolute atomic E-state index is 0.140. The molecular weight excluding hydrogens is 398 g/mol. The molecule has 0 radical (unpaired) electrons. The summed E-state index contributed by atoms with van der Waals surface area (Å²) in [5.74, 6) is 0. The van der Waals surface area contributed by atoms with Gasteiger partial charge in [0.15, 0.2) is 0 Å². The summed E-state index contributed by atoms with van der Waals surface area (Å²) in [6.07, 6.45) is 0. The highest BCUT2D eigenvalue weighted by Gasteiger charge is 2.35. The topological polar surface area (TPSA) is 115 Å². The van der Waals surface area contributed by atoms with Crippen LogP contribution >= 0.6 is 15.2 Å². The van der Waals surface area contributed by atoms with E-state index in [1.54, 1.807) is 42.5 Å². The highest BCUT2D eigenvalue weighted by molar-refractivity contribution is 7.67. The Bertz CT molecular complexity index is 1310. The fourth-order valence-electron chi connectivity index (χ4n) is 3.55. The van der Waals surface area contributed by atoms with Crippen molar-refractivity contribution in [3.63, 3.8) is 0 Å². The van der Waals surface area contributed by atoms with Gasteiger partial charge in [0, 0.05) is 5.56 Å². The summed E-state index contributed by atoms with van der Waals surface area (Å²) in [5, 5.41) is 1.30. The summed E-state index contributed by atoms with van der Waals surface area (Å²) in [5.41, 5.74) is 0.643. The molecule has 6 nitrogen and oxygen atoms in total. The second-order valence-electron chi connectivity index (χ2n) is 6.46. The molecule has 142 valence electrons. The molecule has 0 unspecified atom stereocenters. The van der Waals surface area contributed by atoms with Crippen LogP contribution in [0.4, 0.5) is 0 Å². The summed E-state index contributed by atoms with van der Waals surface area (Å²) < 4.78 is 24.6. The molecule has 4 N–H and O–H groups in total. The van der Waals surface area contributed by atoms with Crippen LogP contribution in [-0.2, 0) is 9.13 Å². The third-order valence-corrected chi connectivity index (χ3v) is 6.87. The Morgan fingerprint density at radius 1 is 0.607 bits per heavy atom. The molecule has 0 aliphatic heterocycles. The molecule has 0 heterocycles. The van der Waals surface area contributed by atoms with Gasteiger partial charge in [-0.15, -0.1) is 0 Å². The average molecular weight is 414 g/mol. The average Bonchev–Trinajstić information content (AvgIpc) is 2.64. The van der Waals surface area contributed by atoms with Crippen molar-refractivity contribution < 1.29 is 28.7 Å². The van der Waals surface area contributed by atoms with Gasteiger partial charge < -0.3 is 19.6 Å². The third kappa shape index (κ3) is 3.21. The Balaban J connectivity index is 2.30. The van der Waals surface area contributed by atoms with Crippen LogP contribution in [0.5, 0.6) is 0 Å². The lowest BCUT2D eigenvalue weighted by Gasteiger charge is -2.20. The first kappa shape index (κ1) is 19.0. The van der Waals surface area contributed by atoms with Crippen LogP contribution in [0.15, 0.2) is 72.8 Å². The molecule has 4 aromatic carbocycles. The van der Waals surface area contributed by atoms with E-state index in [0.717, 1.165) is 10.8 Å². The minimum atomic E-state index is -5.03. The number of hydrogen-bond acceptors (Lipinski definition) is 2. The van der Waals surface area contributed by atoms with Crippen molar-refractivity contribution in [1.82, 2.24) is 0 Å². The summed E-state index contributed by atoms with van der Waals surface area (Å²) in [6, 6.07) is 20.6. The molecule has 0 aliphatic rings. The van der Waals surface area contributed by atoms with Crippen LogP contribution in [0.25, 0.3) is 32.7 Å². The van der Waals surface area contributed by atoms with E-state index in [0.29, 0.717) is 16.3 Å². The highest BCUT2D eigenvalue weighted by atomic mass is 31.2. The second-order valence-corrected chi connectivity index (χ2v) is 9.56. The molecule has 4 rings (SSSR count). The molecule has 0 aromatic heterocycles.